The number of hydrogen-bond donors (Lipinski definition) is 1. The van der Waals surface area contributed by atoms with E-state index >= 15 is 0 Å². The van der Waals surface area contributed by atoms with Gasteiger partial charge in [-0.2, -0.15) is 0 Å². The molecule has 19 heavy (non-hydrogen) atoms. The predicted octanol–water partition coefficient (Wildman–Crippen LogP) is 0.760. The Labute approximate surface area is 120 Å². The van der Waals surface area contributed by atoms with Crippen molar-refractivity contribution in [3.05, 3.63) is 0 Å². The average molecular weight is 290 g/mol. The van der Waals surface area contributed by atoms with Crippen LogP contribution in [0.15, 0.2) is 0 Å². The average Bonchev–Trinajstić information content (AvgIpc) is 2.41. The Bertz CT molecular complexity index is 325. The maximum atomic E-state index is 12.3. The zero-order valence-electron chi connectivity index (χ0n) is 11.3. The molecule has 0 aromatic carbocycles. The number of nitrogens with zero attached hydrogens (tertiary/aromatic N) is 2. The first-order valence-corrected chi connectivity index (χ1v) is 6.99. The summed E-state index contributed by atoms with van der Waals surface area (Å²) in [4.78, 5) is 27.5. The molecule has 0 spiro atoms. The number of nitrogens with two attached hydrogens (primary N) is 1. The largest absolute Gasteiger partial charge is 0.337 e. The third kappa shape index (κ3) is 4.08. The molecule has 2 fully saturated rings. The molecule has 2 saturated heterocycles. The Kier molecular flexibility index (Phi) is 6.58. The van der Waals surface area contributed by atoms with E-state index in [0.717, 1.165) is 45.2 Å². The Balaban J connectivity index is 0.00000180. The van der Waals surface area contributed by atoms with E-state index in [-0.39, 0.29) is 36.8 Å². The van der Waals surface area contributed by atoms with Gasteiger partial charge in [0.25, 0.3) is 0 Å². The van der Waals surface area contributed by atoms with E-state index in [1.165, 1.54) is 0 Å². The van der Waals surface area contributed by atoms with Gasteiger partial charge in [-0.1, -0.05) is 0 Å². The topological polar surface area (TPSA) is 66.6 Å². The smallest absolute Gasteiger partial charge is 0.242 e. The SMILES string of the molecule is Cl.NCC1CCCCN1C(=O)CN1CCCCC1=O. The number of likely N-dealkylation sites (tertiary alicyclic amines) is 2. The lowest BCUT2D eigenvalue weighted by atomic mass is 10.0. The van der Waals surface area contributed by atoms with E-state index in [0.29, 0.717) is 13.0 Å². The Morgan fingerprint density at radius 2 is 1.95 bits per heavy atom. The van der Waals surface area contributed by atoms with Crippen LogP contribution in [0.4, 0.5) is 0 Å². The zero-order valence-corrected chi connectivity index (χ0v) is 12.2. The number of rotatable bonds is 3. The van der Waals surface area contributed by atoms with Gasteiger partial charge < -0.3 is 15.5 Å². The third-order valence-electron chi connectivity index (χ3n) is 3.97. The fourth-order valence-corrected chi connectivity index (χ4v) is 2.86. The van der Waals surface area contributed by atoms with Gasteiger partial charge >= 0.3 is 0 Å². The molecular weight excluding hydrogens is 266 g/mol. The van der Waals surface area contributed by atoms with Crippen molar-refractivity contribution in [2.45, 2.75) is 44.6 Å². The molecule has 110 valence electrons. The first kappa shape index (κ1) is 16.2. The number of halogens is 1. The maximum absolute atomic E-state index is 12.3. The molecule has 1 atom stereocenters. The van der Waals surface area contributed by atoms with Gasteiger partial charge in [-0.3, -0.25) is 9.59 Å². The second kappa shape index (κ2) is 7.70. The van der Waals surface area contributed by atoms with Crippen molar-refractivity contribution in [1.29, 1.82) is 0 Å². The van der Waals surface area contributed by atoms with Crippen LogP contribution in [-0.4, -0.2) is 53.8 Å². The van der Waals surface area contributed by atoms with Gasteiger partial charge in [0.05, 0.1) is 6.54 Å². The van der Waals surface area contributed by atoms with Gasteiger partial charge in [0.1, 0.15) is 0 Å². The summed E-state index contributed by atoms with van der Waals surface area (Å²) in [5.41, 5.74) is 5.72. The Hall–Kier alpha value is -0.810. The summed E-state index contributed by atoms with van der Waals surface area (Å²) in [5.74, 6) is 0.191. The number of carbonyl (C=O) groups excluding carboxylic acids is 2. The minimum atomic E-state index is 0. The highest BCUT2D eigenvalue weighted by molar-refractivity contribution is 5.85. The van der Waals surface area contributed by atoms with Crippen molar-refractivity contribution in [2.75, 3.05) is 26.2 Å². The molecule has 0 aromatic rings. The summed E-state index contributed by atoms with van der Waals surface area (Å²) in [6, 6.07) is 0.172. The number of piperidine rings is 2. The second-order valence-corrected chi connectivity index (χ2v) is 5.24. The lowest BCUT2D eigenvalue weighted by Crippen LogP contribution is -2.52. The highest BCUT2D eigenvalue weighted by Crippen LogP contribution is 2.17. The Morgan fingerprint density at radius 1 is 1.21 bits per heavy atom. The molecule has 2 rings (SSSR count). The number of amides is 2. The van der Waals surface area contributed by atoms with Crippen LogP contribution in [0.3, 0.4) is 0 Å². The predicted molar refractivity (Wildman–Crippen MR) is 76.1 cm³/mol. The van der Waals surface area contributed by atoms with E-state index in [1.54, 1.807) is 4.90 Å². The van der Waals surface area contributed by atoms with E-state index in [2.05, 4.69) is 0 Å². The number of carbonyl (C=O) groups is 2. The molecule has 0 saturated carbocycles. The van der Waals surface area contributed by atoms with Crippen molar-refractivity contribution >= 4 is 24.2 Å². The summed E-state index contributed by atoms with van der Waals surface area (Å²) in [6.45, 7) is 2.30. The molecule has 2 amide bonds. The summed E-state index contributed by atoms with van der Waals surface area (Å²) in [6.07, 6.45) is 5.76. The number of hydrogen-bond acceptors (Lipinski definition) is 3. The third-order valence-corrected chi connectivity index (χ3v) is 3.97. The van der Waals surface area contributed by atoms with Crippen LogP contribution >= 0.6 is 12.4 Å². The lowest BCUT2D eigenvalue weighted by molar-refractivity contribution is -0.143. The highest BCUT2D eigenvalue weighted by Gasteiger charge is 2.28. The summed E-state index contributed by atoms with van der Waals surface area (Å²) >= 11 is 0. The molecule has 6 heteroatoms. The summed E-state index contributed by atoms with van der Waals surface area (Å²) in [7, 11) is 0. The lowest BCUT2D eigenvalue weighted by Gasteiger charge is -2.37. The minimum Gasteiger partial charge on any atom is -0.337 e. The van der Waals surface area contributed by atoms with Crippen molar-refractivity contribution < 1.29 is 9.59 Å². The van der Waals surface area contributed by atoms with E-state index in [4.69, 9.17) is 5.73 Å². The summed E-state index contributed by atoms with van der Waals surface area (Å²) in [5, 5.41) is 0. The van der Waals surface area contributed by atoms with E-state index < -0.39 is 0 Å². The summed E-state index contributed by atoms with van der Waals surface area (Å²) < 4.78 is 0. The fraction of sp³-hybridized carbons (Fsp3) is 0.846. The van der Waals surface area contributed by atoms with Crippen LogP contribution in [0.2, 0.25) is 0 Å². The van der Waals surface area contributed by atoms with Gasteiger partial charge in [0.15, 0.2) is 0 Å². The fourth-order valence-electron chi connectivity index (χ4n) is 2.86. The molecule has 2 aliphatic heterocycles. The van der Waals surface area contributed by atoms with Gasteiger partial charge in [-0.25, -0.2) is 0 Å². The molecule has 5 nitrogen and oxygen atoms in total. The monoisotopic (exact) mass is 289 g/mol. The molecule has 0 aliphatic carbocycles. The molecule has 2 aliphatic rings. The molecule has 1 unspecified atom stereocenters. The van der Waals surface area contributed by atoms with Crippen LogP contribution in [-0.2, 0) is 9.59 Å². The minimum absolute atomic E-state index is 0. The van der Waals surface area contributed by atoms with Crippen molar-refractivity contribution in [1.82, 2.24) is 9.80 Å². The maximum Gasteiger partial charge on any atom is 0.242 e. The molecule has 0 aromatic heterocycles. The van der Waals surface area contributed by atoms with Crippen molar-refractivity contribution in [3.63, 3.8) is 0 Å². The highest BCUT2D eigenvalue weighted by atomic mass is 35.5. The zero-order chi connectivity index (χ0) is 13.0. The van der Waals surface area contributed by atoms with Crippen LogP contribution in [0.5, 0.6) is 0 Å². The van der Waals surface area contributed by atoms with E-state index in [9.17, 15) is 9.59 Å². The van der Waals surface area contributed by atoms with Gasteiger partial charge in [0, 0.05) is 32.1 Å². The van der Waals surface area contributed by atoms with Crippen molar-refractivity contribution in [2.24, 2.45) is 5.73 Å². The van der Waals surface area contributed by atoms with E-state index in [1.807, 2.05) is 4.90 Å². The van der Waals surface area contributed by atoms with Gasteiger partial charge in [-0.05, 0) is 32.1 Å². The normalized spacial score (nSPS) is 24.1. The molecule has 0 radical (unpaired) electrons. The van der Waals surface area contributed by atoms with Crippen LogP contribution in [0.1, 0.15) is 38.5 Å². The second-order valence-electron chi connectivity index (χ2n) is 5.24. The first-order valence-electron chi connectivity index (χ1n) is 6.99. The molecule has 2 heterocycles. The molecular formula is C13H24ClN3O2. The quantitative estimate of drug-likeness (QED) is 0.834. The Morgan fingerprint density at radius 3 is 2.63 bits per heavy atom. The first-order chi connectivity index (χ1) is 8.72. The van der Waals surface area contributed by atoms with Crippen LogP contribution in [0.25, 0.3) is 0 Å². The van der Waals surface area contributed by atoms with Crippen molar-refractivity contribution in [3.8, 4) is 0 Å². The van der Waals surface area contributed by atoms with Crippen LogP contribution in [0, 0.1) is 0 Å². The van der Waals surface area contributed by atoms with Crippen LogP contribution < -0.4 is 5.73 Å². The molecule has 0 bridgehead atoms. The van der Waals surface area contributed by atoms with Gasteiger partial charge in [0.2, 0.25) is 11.8 Å². The molecule has 2 N–H and O–H groups in total. The van der Waals surface area contributed by atoms with Gasteiger partial charge in [-0.15, -0.1) is 12.4 Å². The standard InChI is InChI=1S/C13H23N3O2.ClH/c14-9-11-5-1-4-8-16(11)13(18)10-15-7-3-2-6-12(15)17;/h11H,1-10,14H2;1H.